The number of hydrogen-bond acceptors (Lipinski definition) is 8. The van der Waals surface area contributed by atoms with Crippen molar-refractivity contribution in [1.82, 2.24) is 30.8 Å². The molecule has 2 aromatic heterocycles. The first kappa shape index (κ1) is 20.6. The van der Waals surface area contributed by atoms with Gasteiger partial charge in [0, 0.05) is 25.8 Å². The van der Waals surface area contributed by atoms with Crippen LogP contribution >= 0.6 is 0 Å². The van der Waals surface area contributed by atoms with E-state index in [4.69, 9.17) is 10.5 Å². The summed E-state index contributed by atoms with van der Waals surface area (Å²) in [5.74, 6) is -1.13. The van der Waals surface area contributed by atoms with Crippen molar-refractivity contribution in [2.45, 2.75) is 6.42 Å². The van der Waals surface area contributed by atoms with Crippen LogP contribution in [-0.2, 0) is 4.74 Å². The molecule has 0 atom stereocenters. The van der Waals surface area contributed by atoms with Gasteiger partial charge in [0.15, 0.2) is 0 Å². The molecule has 0 aliphatic rings. The van der Waals surface area contributed by atoms with Gasteiger partial charge in [0.25, 0.3) is 22.9 Å². The summed E-state index contributed by atoms with van der Waals surface area (Å²) >= 11 is 0. The van der Waals surface area contributed by atoms with Crippen molar-refractivity contribution < 1.29 is 14.3 Å². The molecule has 0 bridgehead atoms. The lowest BCUT2D eigenvalue weighted by molar-refractivity contribution is 0.0893. The Hall–Kier alpha value is -3.74. The number of nitrogens with one attached hydrogen (secondary N) is 5. The number of H-pyrrole nitrogens is 3. The third kappa shape index (κ3) is 5.91. The number of carbonyl (C=O) groups excluding carboxylic acids is 2. The van der Waals surface area contributed by atoms with Crippen molar-refractivity contribution >= 4 is 17.5 Å². The first-order chi connectivity index (χ1) is 13.4. The van der Waals surface area contributed by atoms with Crippen molar-refractivity contribution in [3.63, 3.8) is 0 Å². The molecule has 0 aliphatic heterocycles. The SMILES string of the molecule is Nc1c(C(=O)NCCOCCCNC(=O)c2ccc(=O)[nH]n2)[nH]c(=O)[nH]c1=O. The Kier molecular flexibility index (Phi) is 7.21. The Morgan fingerprint density at radius 3 is 2.50 bits per heavy atom. The highest BCUT2D eigenvalue weighted by molar-refractivity contribution is 5.96. The van der Waals surface area contributed by atoms with Gasteiger partial charge < -0.3 is 26.1 Å². The molecule has 0 saturated heterocycles. The van der Waals surface area contributed by atoms with Gasteiger partial charge in [0.1, 0.15) is 17.1 Å². The summed E-state index contributed by atoms with van der Waals surface area (Å²) in [6, 6.07) is 2.52. The molecule has 2 amide bonds. The number of carbonyl (C=O) groups is 2. The number of rotatable bonds is 9. The summed E-state index contributed by atoms with van der Waals surface area (Å²) in [5.41, 5.74) is 2.78. The van der Waals surface area contributed by atoms with Crippen LogP contribution in [0.2, 0.25) is 0 Å². The Bertz CT molecular complexity index is 988. The van der Waals surface area contributed by atoms with Gasteiger partial charge in [-0.1, -0.05) is 0 Å². The molecular weight excluding hydrogens is 374 g/mol. The van der Waals surface area contributed by atoms with Crippen LogP contribution in [0, 0.1) is 0 Å². The minimum absolute atomic E-state index is 0.0975. The molecule has 28 heavy (non-hydrogen) atoms. The van der Waals surface area contributed by atoms with Crippen LogP contribution < -0.4 is 33.2 Å². The van der Waals surface area contributed by atoms with Gasteiger partial charge in [0.2, 0.25) is 0 Å². The van der Waals surface area contributed by atoms with E-state index in [-0.39, 0.29) is 30.2 Å². The zero-order chi connectivity index (χ0) is 20.5. The molecular formula is C15H19N7O6. The van der Waals surface area contributed by atoms with Gasteiger partial charge in [-0.3, -0.25) is 24.2 Å². The fraction of sp³-hybridized carbons (Fsp3) is 0.333. The van der Waals surface area contributed by atoms with E-state index < -0.39 is 28.6 Å². The number of nitrogen functional groups attached to an aromatic ring is 1. The van der Waals surface area contributed by atoms with Crippen LogP contribution in [0.1, 0.15) is 27.4 Å². The molecule has 150 valence electrons. The van der Waals surface area contributed by atoms with Crippen molar-refractivity contribution in [1.29, 1.82) is 0 Å². The molecule has 0 fully saturated rings. The third-order valence-electron chi connectivity index (χ3n) is 3.40. The number of aromatic nitrogens is 4. The second-order valence-electron chi connectivity index (χ2n) is 5.48. The molecule has 0 aromatic carbocycles. The lowest BCUT2D eigenvalue weighted by Gasteiger charge is -2.08. The summed E-state index contributed by atoms with van der Waals surface area (Å²) in [7, 11) is 0. The van der Waals surface area contributed by atoms with E-state index in [0.717, 1.165) is 0 Å². The van der Waals surface area contributed by atoms with Crippen LogP contribution in [0.3, 0.4) is 0 Å². The maximum atomic E-state index is 11.9. The standard InChI is InChI=1S/C15H19N7O6/c16-10-11(19-15(27)20-13(10)25)14(26)18-5-7-28-6-1-4-17-12(24)8-2-3-9(23)22-21-8/h2-3H,1,4-7,16H2,(H,17,24)(H,18,26)(H,22,23)(H2,19,20,25,27). The van der Waals surface area contributed by atoms with Crippen molar-refractivity contribution in [2.24, 2.45) is 0 Å². The summed E-state index contributed by atoms with van der Waals surface area (Å²) in [4.78, 5) is 61.1. The predicted molar refractivity (Wildman–Crippen MR) is 97.1 cm³/mol. The van der Waals surface area contributed by atoms with Gasteiger partial charge in [-0.15, -0.1) is 0 Å². The normalized spacial score (nSPS) is 10.4. The van der Waals surface area contributed by atoms with Gasteiger partial charge in [-0.2, -0.15) is 5.10 Å². The molecule has 7 N–H and O–H groups in total. The lowest BCUT2D eigenvalue weighted by Crippen LogP contribution is -2.35. The Morgan fingerprint density at radius 1 is 1.04 bits per heavy atom. The largest absolute Gasteiger partial charge is 0.392 e. The Labute approximate surface area is 156 Å². The van der Waals surface area contributed by atoms with Gasteiger partial charge >= 0.3 is 5.69 Å². The van der Waals surface area contributed by atoms with E-state index >= 15 is 0 Å². The van der Waals surface area contributed by atoms with Crippen LogP contribution in [0.4, 0.5) is 5.69 Å². The molecule has 0 spiro atoms. The van der Waals surface area contributed by atoms with E-state index in [9.17, 15) is 24.0 Å². The minimum atomic E-state index is -0.843. The first-order valence-electron chi connectivity index (χ1n) is 8.20. The summed E-state index contributed by atoms with van der Waals surface area (Å²) < 4.78 is 5.30. The summed E-state index contributed by atoms with van der Waals surface area (Å²) in [6.45, 7) is 0.949. The maximum absolute atomic E-state index is 11.9. The van der Waals surface area contributed by atoms with Gasteiger partial charge in [0.05, 0.1) is 6.61 Å². The van der Waals surface area contributed by atoms with Crippen molar-refractivity contribution in [3.8, 4) is 0 Å². The fourth-order valence-electron chi connectivity index (χ4n) is 2.04. The zero-order valence-electron chi connectivity index (χ0n) is 14.7. The smallest absolute Gasteiger partial charge is 0.326 e. The van der Waals surface area contributed by atoms with Crippen molar-refractivity contribution in [3.05, 3.63) is 54.7 Å². The van der Waals surface area contributed by atoms with E-state index in [0.29, 0.717) is 19.6 Å². The highest BCUT2D eigenvalue weighted by Gasteiger charge is 2.13. The topological polar surface area (TPSA) is 205 Å². The Balaban J connectivity index is 1.61. The molecule has 0 aliphatic carbocycles. The minimum Gasteiger partial charge on any atom is -0.392 e. The molecule has 2 rings (SSSR count). The number of nitrogens with two attached hydrogens (primary N) is 1. The molecule has 2 heterocycles. The summed E-state index contributed by atoms with van der Waals surface area (Å²) in [6.07, 6.45) is 0.511. The number of aromatic amines is 3. The first-order valence-corrected chi connectivity index (χ1v) is 8.20. The molecule has 0 saturated carbocycles. The zero-order valence-corrected chi connectivity index (χ0v) is 14.7. The number of anilines is 1. The number of nitrogens with zero attached hydrogens (tertiary/aromatic N) is 1. The van der Waals surface area contributed by atoms with E-state index in [1.54, 1.807) is 0 Å². The second-order valence-corrected chi connectivity index (χ2v) is 5.48. The number of ether oxygens (including phenoxy) is 1. The van der Waals surface area contributed by atoms with Crippen LogP contribution in [-0.4, -0.2) is 58.3 Å². The number of amides is 2. The van der Waals surface area contributed by atoms with Crippen LogP contribution in [0.15, 0.2) is 26.5 Å². The molecule has 13 heteroatoms. The van der Waals surface area contributed by atoms with Gasteiger partial charge in [-0.25, -0.2) is 9.89 Å². The molecule has 13 nitrogen and oxygen atoms in total. The highest BCUT2D eigenvalue weighted by Crippen LogP contribution is 1.97. The summed E-state index contributed by atoms with van der Waals surface area (Å²) in [5, 5.41) is 10.8. The molecule has 0 unspecified atom stereocenters. The Morgan fingerprint density at radius 2 is 1.79 bits per heavy atom. The van der Waals surface area contributed by atoms with Crippen molar-refractivity contribution in [2.75, 3.05) is 32.0 Å². The predicted octanol–water partition coefficient (Wildman–Crippen LogP) is -2.70. The monoisotopic (exact) mass is 393 g/mol. The van der Waals surface area contributed by atoms with Crippen LogP contribution in [0.25, 0.3) is 0 Å². The third-order valence-corrected chi connectivity index (χ3v) is 3.40. The van der Waals surface area contributed by atoms with Crippen LogP contribution in [0.5, 0.6) is 0 Å². The molecule has 0 radical (unpaired) electrons. The second kappa shape index (κ2) is 9.82. The van der Waals surface area contributed by atoms with E-state index in [1.165, 1.54) is 12.1 Å². The fourth-order valence-corrected chi connectivity index (χ4v) is 2.04. The number of hydrogen-bond donors (Lipinski definition) is 6. The van der Waals surface area contributed by atoms with E-state index in [1.807, 2.05) is 4.98 Å². The highest BCUT2D eigenvalue weighted by atomic mass is 16.5. The van der Waals surface area contributed by atoms with E-state index in [2.05, 4.69) is 25.8 Å². The average Bonchev–Trinajstić information content (AvgIpc) is 2.66. The molecule has 2 aromatic rings. The average molecular weight is 393 g/mol. The maximum Gasteiger partial charge on any atom is 0.326 e. The van der Waals surface area contributed by atoms with Gasteiger partial charge in [-0.05, 0) is 12.5 Å². The lowest BCUT2D eigenvalue weighted by atomic mass is 10.3. The quantitative estimate of drug-likeness (QED) is 0.246.